The Morgan fingerprint density at radius 1 is 1.21 bits per heavy atom. The van der Waals surface area contributed by atoms with E-state index in [0.29, 0.717) is 0 Å². The van der Waals surface area contributed by atoms with Gasteiger partial charge in [-0.25, -0.2) is 4.98 Å². The lowest BCUT2D eigenvalue weighted by Gasteiger charge is -2.08. The molecule has 1 aromatic heterocycles. The molecule has 0 fully saturated rings. The van der Waals surface area contributed by atoms with Crippen molar-refractivity contribution in [2.75, 3.05) is 19.0 Å². The molecule has 4 heteroatoms. The number of aromatic nitrogens is 2. The summed E-state index contributed by atoms with van der Waals surface area (Å²) < 4.78 is 5.21. The van der Waals surface area contributed by atoms with E-state index in [1.807, 2.05) is 32.0 Å². The van der Waals surface area contributed by atoms with Gasteiger partial charge in [0.15, 0.2) is 0 Å². The Morgan fingerprint density at radius 3 is 2.79 bits per heavy atom. The van der Waals surface area contributed by atoms with Gasteiger partial charge in [0.2, 0.25) is 0 Å². The summed E-state index contributed by atoms with van der Waals surface area (Å²) in [7, 11) is 1.68. The number of rotatable bonds is 5. The third-order valence-corrected chi connectivity index (χ3v) is 3.05. The average Bonchev–Trinajstić information content (AvgIpc) is 2.43. The number of methoxy groups -OCH3 is 1. The van der Waals surface area contributed by atoms with E-state index < -0.39 is 0 Å². The van der Waals surface area contributed by atoms with Crippen molar-refractivity contribution < 1.29 is 4.74 Å². The molecular weight excluding hydrogens is 238 g/mol. The van der Waals surface area contributed by atoms with Crippen LogP contribution in [0.15, 0.2) is 30.5 Å². The highest BCUT2D eigenvalue weighted by molar-refractivity contribution is 5.34. The highest BCUT2D eigenvalue weighted by Crippen LogP contribution is 2.13. The van der Waals surface area contributed by atoms with Crippen molar-refractivity contribution >= 4 is 5.82 Å². The summed E-state index contributed by atoms with van der Waals surface area (Å²) in [5.74, 6) is 1.72. The van der Waals surface area contributed by atoms with E-state index >= 15 is 0 Å². The van der Waals surface area contributed by atoms with E-state index in [1.54, 1.807) is 13.3 Å². The number of benzene rings is 1. The Balaban J connectivity index is 1.90. The zero-order valence-electron chi connectivity index (χ0n) is 11.6. The summed E-state index contributed by atoms with van der Waals surface area (Å²) in [4.78, 5) is 8.73. The highest BCUT2D eigenvalue weighted by atomic mass is 16.5. The molecule has 0 aliphatic carbocycles. The third-order valence-electron chi connectivity index (χ3n) is 3.05. The van der Waals surface area contributed by atoms with Crippen LogP contribution >= 0.6 is 0 Å². The topological polar surface area (TPSA) is 47.0 Å². The molecule has 19 heavy (non-hydrogen) atoms. The van der Waals surface area contributed by atoms with E-state index in [9.17, 15) is 0 Å². The number of nitrogens with one attached hydrogen (secondary N) is 1. The highest BCUT2D eigenvalue weighted by Gasteiger charge is 2.00. The molecule has 0 unspecified atom stereocenters. The molecule has 0 aliphatic rings. The summed E-state index contributed by atoms with van der Waals surface area (Å²) in [5, 5.41) is 3.28. The molecule has 1 N–H and O–H groups in total. The molecule has 0 atom stereocenters. The number of hydrogen-bond acceptors (Lipinski definition) is 4. The minimum atomic E-state index is 0.824. The summed E-state index contributed by atoms with van der Waals surface area (Å²) >= 11 is 0. The van der Waals surface area contributed by atoms with Crippen molar-refractivity contribution in [3.63, 3.8) is 0 Å². The first kappa shape index (κ1) is 13.3. The Hall–Kier alpha value is -2.10. The maximum atomic E-state index is 5.21. The van der Waals surface area contributed by atoms with Crippen LogP contribution in [-0.2, 0) is 6.42 Å². The average molecular weight is 257 g/mol. The summed E-state index contributed by atoms with van der Waals surface area (Å²) in [6.07, 6.45) is 2.69. The van der Waals surface area contributed by atoms with Crippen LogP contribution in [0, 0.1) is 13.8 Å². The van der Waals surface area contributed by atoms with Crippen LogP contribution in [0.25, 0.3) is 0 Å². The van der Waals surface area contributed by atoms with Gasteiger partial charge >= 0.3 is 0 Å². The van der Waals surface area contributed by atoms with E-state index in [0.717, 1.165) is 35.9 Å². The van der Waals surface area contributed by atoms with Gasteiger partial charge in [0.05, 0.1) is 24.7 Å². The Bertz CT molecular complexity index is 555. The third kappa shape index (κ3) is 3.68. The van der Waals surface area contributed by atoms with Gasteiger partial charge in [-0.1, -0.05) is 12.1 Å². The van der Waals surface area contributed by atoms with Crippen molar-refractivity contribution in [2.45, 2.75) is 20.3 Å². The van der Waals surface area contributed by atoms with E-state index in [4.69, 9.17) is 4.74 Å². The molecule has 2 rings (SSSR count). The first-order valence-electron chi connectivity index (χ1n) is 6.36. The summed E-state index contributed by atoms with van der Waals surface area (Å²) in [6, 6.07) is 8.10. The standard InChI is InChI=1S/C15H19N3O/c1-11-12(2)18-15(10-17-11)16-8-7-13-5-4-6-14(9-13)19-3/h4-6,9-10H,7-8H2,1-3H3,(H,16,18). The van der Waals surface area contributed by atoms with Crippen molar-refractivity contribution in [1.29, 1.82) is 0 Å². The lowest BCUT2D eigenvalue weighted by Crippen LogP contribution is -2.08. The minimum Gasteiger partial charge on any atom is -0.497 e. The second-order valence-corrected chi connectivity index (χ2v) is 4.45. The van der Waals surface area contributed by atoms with Gasteiger partial charge in [0.25, 0.3) is 0 Å². The fraction of sp³-hybridized carbons (Fsp3) is 0.333. The SMILES string of the molecule is COc1cccc(CCNc2cnc(C)c(C)n2)c1. The molecule has 0 saturated carbocycles. The van der Waals surface area contributed by atoms with Crippen molar-refractivity contribution in [2.24, 2.45) is 0 Å². The molecule has 2 aromatic rings. The normalized spacial score (nSPS) is 10.3. The lowest BCUT2D eigenvalue weighted by atomic mass is 10.1. The van der Waals surface area contributed by atoms with E-state index in [-0.39, 0.29) is 0 Å². The van der Waals surface area contributed by atoms with Crippen LogP contribution in [0.5, 0.6) is 5.75 Å². The van der Waals surface area contributed by atoms with Gasteiger partial charge in [-0.2, -0.15) is 0 Å². The predicted octanol–water partition coefficient (Wildman–Crippen LogP) is 2.76. The molecule has 1 heterocycles. The van der Waals surface area contributed by atoms with Gasteiger partial charge in [-0.15, -0.1) is 0 Å². The maximum absolute atomic E-state index is 5.21. The van der Waals surface area contributed by atoms with Crippen molar-refractivity contribution in [3.8, 4) is 5.75 Å². The molecule has 0 aliphatic heterocycles. The van der Waals surface area contributed by atoms with Crippen LogP contribution in [0.1, 0.15) is 17.0 Å². The maximum Gasteiger partial charge on any atom is 0.144 e. The number of ether oxygens (including phenoxy) is 1. The molecule has 4 nitrogen and oxygen atoms in total. The van der Waals surface area contributed by atoms with Crippen molar-refractivity contribution in [3.05, 3.63) is 47.4 Å². The lowest BCUT2D eigenvalue weighted by molar-refractivity contribution is 0.414. The van der Waals surface area contributed by atoms with Gasteiger partial charge in [0.1, 0.15) is 11.6 Å². The first-order chi connectivity index (χ1) is 9.19. The summed E-state index contributed by atoms with van der Waals surface area (Å²) in [5.41, 5.74) is 3.17. The summed E-state index contributed by atoms with van der Waals surface area (Å²) in [6.45, 7) is 4.75. The van der Waals surface area contributed by atoms with E-state index in [1.165, 1.54) is 5.56 Å². The zero-order chi connectivity index (χ0) is 13.7. The predicted molar refractivity (Wildman–Crippen MR) is 76.7 cm³/mol. The number of nitrogens with zero attached hydrogens (tertiary/aromatic N) is 2. The van der Waals surface area contributed by atoms with Crippen LogP contribution in [-0.4, -0.2) is 23.6 Å². The molecule has 0 bridgehead atoms. The molecular formula is C15H19N3O. The Labute approximate surface area is 113 Å². The van der Waals surface area contributed by atoms with Gasteiger partial charge < -0.3 is 10.1 Å². The second kappa shape index (κ2) is 6.18. The van der Waals surface area contributed by atoms with Crippen LogP contribution < -0.4 is 10.1 Å². The van der Waals surface area contributed by atoms with Crippen LogP contribution in [0.4, 0.5) is 5.82 Å². The molecule has 100 valence electrons. The van der Waals surface area contributed by atoms with Crippen LogP contribution in [0.3, 0.4) is 0 Å². The monoisotopic (exact) mass is 257 g/mol. The molecule has 0 radical (unpaired) electrons. The van der Waals surface area contributed by atoms with Gasteiger partial charge in [-0.3, -0.25) is 4.98 Å². The quantitative estimate of drug-likeness (QED) is 0.894. The van der Waals surface area contributed by atoms with E-state index in [2.05, 4.69) is 21.4 Å². The zero-order valence-corrected chi connectivity index (χ0v) is 11.6. The number of aryl methyl sites for hydroxylation is 2. The van der Waals surface area contributed by atoms with Crippen LogP contribution in [0.2, 0.25) is 0 Å². The number of anilines is 1. The molecule has 0 spiro atoms. The van der Waals surface area contributed by atoms with Gasteiger partial charge in [-0.05, 0) is 38.0 Å². The Kier molecular flexibility index (Phi) is 4.34. The smallest absolute Gasteiger partial charge is 0.144 e. The Morgan fingerprint density at radius 2 is 2.05 bits per heavy atom. The molecule has 0 amide bonds. The first-order valence-corrected chi connectivity index (χ1v) is 6.36. The fourth-order valence-corrected chi connectivity index (χ4v) is 1.79. The van der Waals surface area contributed by atoms with Gasteiger partial charge in [0, 0.05) is 6.54 Å². The largest absolute Gasteiger partial charge is 0.497 e. The van der Waals surface area contributed by atoms with Crippen molar-refractivity contribution in [1.82, 2.24) is 9.97 Å². The minimum absolute atomic E-state index is 0.824. The number of hydrogen-bond donors (Lipinski definition) is 1. The second-order valence-electron chi connectivity index (χ2n) is 4.45. The fourth-order valence-electron chi connectivity index (χ4n) is 1.79. The molecule has 1 aromatic carbocycles. The molecule has 0 saturated heterocycles.